The fraction of sp³-hybridized carbons (Fsp3) is 0.0952. The van der Waals surface area contributed by atoms with Gasteiger partial charge in [-0.3, -0.25) is 0 Å². The summed E-state index contributed by atoms with van der Waals surface area (Å²) >= 11 is 0. The van der Waals surface area contributed by atoms with Gasteiger partial charge in [0, 0.05) is 30.5 Å². The number of pyridine rings is 1. The van der Waals surface area contributed by atoms with Crippen molar-refractivity contribution >= 4 is 34.2 Å². The number of nitrogens with two attached hydrogens (primary N) is 2. The minimum atomic E-state index is 0.137. The summed E-state index contributed by atoms with van der Waals surface area (Å²) in [6, 6.07) is 19.0. The van der Waals surface area contributed by atoms with E-state index in [4.69, 9.17) is 11.5 Å². The van der Waals surface area contributed by atoms with Crippen LogP contribution < -0.4 is 16.4 Å². The van der Waals surface area contributed by atoms with Crippen LogP contribution in [0.3, 0.4) is 0 Å². The number of hydrogen-bond donors (Lipinski definition) is 2. The third-order valence-corrected chi connectivity index (χ3v) is 5.00. The van der Waals surface area contributed by atoms with Gasteiger partial charge in [0.2, 0.25) is 5.95 Å². The second-order valence-corrected chi connectivity index (χ2v) is 6.66. The molecule has 2 aromatic heterocycles. The maximum atomic E-state index is 6.16. The van der Waals surface area contributed by atoms with E-state index in [1.165, 1.54) is 22.5 Å². The summed E-state index contributed by atoms with van der Waals surface area (Å²) in [5.41, 5.74) is 18.5. The lowest BCUT2D eigenvalue weighted by Gasteiger charge is -2.33. The molecule has 0 atom stereocenters. The molecule has 0 saturated heterocycles. The summed E-state index contributed by atoms with van der Waals surface area (Å²) in [5, 5.41) is 0.757. The van der Waals surface area contributed by atoms with Crippen molar-refractivity contribution in [1.82, 2.24) is 15.0 Å². The van der Waals surface area contributed by atoms with E-state index in [2.05, 4.69) is 68.4 Å². The van der Waals surface area contributed by atoms with Gasteiger partial charge in [0.1, 0.15) is 5.82 Å². The molecule has 0 amide bonds. The minimum absolute atomic E-state index is 0.137. The number of aromatic nitrogens is 3. The summed E-state index contributed by atoms with van der Waals surface area (Å²) in [4.78, 5) is 15.0. The largest absolute Gasteiger partial charge is 0.383 e. The molecule has 1 aliphatic rings. The molecule has 6 nitrogen and oxygen atoms in total. The van der Waals surface area contributed by atoms with Gasteiger partial charge in [0.15, 0.2) is 5.65 Å². The van der Waals surface area contributed by atoms with E-state index < -0.39 is 0 Å². The number of nitrogen functional groups attached to an aromatic ring is 2. The van der Waals surface area contributed by atoms with Crippen molar-refractivity contribution in [3.63, 3.8) is 0 Å². The number of anilines is 4. The number of hydrogen-bond acceptors (Lipinski definition) is 6. The highest BCUT2D eigenvalue weighted by molar-refractivity contribution is 5.90. The predicted molar refractivity (Wildman–Crippen MR) is 108 cm³/mol. The number of nitrogens with zero attached hydrogens (tertiary/aromatic N) is 4. The fourth-order valence-electron chi connectivity index (χ4n) is 3.82. The zero-order chi connectivity index (χ0) is 18.4. The SMILES string of the molecule is Nc1nc(N)c2c(CN3c4ccccc4Cc4ccccc43)ccnc2n1. The minimum Gasteiger partial charge on any atom is -0.383 e. The third-order valence-electron chi connectivity index (χ3n) is 5.00. The number of fused-ring (bicyclic) bond motifs is 3. The van der Waals surface area contributed by atoms with Gasteiger partial charge in [-0.15, -0.1) is 0 Å². The van der Waals surface area contributed by atoms with Crippen LogP contribution in [0.2, 0.25) is 0 Å². The quantitative estimate of drug-likeness (QED) is 0.573. The Hall–Kier alpha value is -3.67. The first-order valence-electron chi connectivity index (χ1n) is 8.80. The molecule has 0 radical (unpaired) electrons. The van der Waals surface area contributed by atoms with Crippen molar-refractivity contribution in [2.45, 2.75) is 13.0 Å². The highest BCUT2D eigenvalue weighted by Crippen LogP contribution is 2.40. The first-order chi connectivity index (χ1) is 13.2. The van der Waals surface area contributed by atoms with E-state index in [9.17, 15) is 0 Å². The maximum Gasteiger partial charge on any atom is 0.224 e. The van der Waals surface area contributed by atoms with Crippen LogP contribution in [0.15, 0.2) is 60.8 Å². The molecule has 0 saturated carbocycles. The Morgan fingerprint density at radius 1 is 0.852 bits per heavy atom. The standard InChI is InChI=1S/C21H18N6/c22-19-18-15(9-10-24-20(18)26-21(23)25-19)12-27-16-7-3-1-5-13(16)11-14-6-2-4-8-17(14)27/h1-10H,11-12H2,(H4,22,23,24,25,26). The summed E-state index contributed by atoms with van der Waals surface area (Å²) in [6.45, 7) is 0.643. The Kier molecular flexibility index (Phi) is 3.43. The van der Waals surface area contributed by atoms with Crippen molar-refractivity contribution in [1.29, 1.82) is 0 Å². The molecule has 2 aromatic carbocycles. The third kappa shape index (κ3) is 2.54. The van der Waals surface area contributed by atoms with Gasteiger partial charge in [-0.2, -0.15) is 9.97 Å². The van der Waals surface area contributed by atoms with E-state index >= 15 is 0 Å². The van der Waals surface area contributed by atoms with Gasteiger partial charge in [-0.05, 0) is 34.9 Å². The van der Waals surface area contributed by atoms with E-state index in [0.717, 1.165) is 17.4 Å². The van der Waals surface area contributed by atoms with E-state index in [-0.39, 0.29) is 5.95 Å². The lowest BCUT2D eigenvalue weighted by molar-refractivity contribution is 0.929. The molecule has 0 fully saturated rings. The molecule has 4 aromatic rings. The highest BCUT2D eigenvalue weighted by Gasteiger charge is 2.23. The summed E-state index contributed by atoms with van der Waals surface area (Å²) < 4.78 is 0. The molecule has 0 bridgehead atoms. The first kappa shape index (κ1) is 15.6. The van der Waals surface area contributed by atoms with Crippen LogP contribution in [0, 0.1) is 0 Å². The van der Waals surface area contributed by atoms with Gasteiger partial charge < -0.3 is 16.4 Å². The number of benzene rings is 2. The smallest absolute Gasteiger partial charge is 0.224 e. The molecule has 132 valence electrons. The van der Waals surface area contributed by atoms with Crippen molar-refractivity contribution < 1.29 is 0 Å². The first-order valence-corrected chi connectivity index (χ1v) is 8.80. The van der Waals surface area contributed by atoms with Gasteiger partial charge in [-0.25, -0.2) is 4.98 Å². The lowest BCUT2D eigenvalue weighted by Crippen LogP contribution is -2.23. The van der Waals surface area contributed by atoms with Crippen LogP contribution in [0.4, 0.5) is 23.1 Å². The van der Waals surface area contributed by atoms with Crippen molar-refractivity contribution in [2.24, 2.45) is 0 Å². The topological polar surface area (TPSA) is 93.9 Å². The normalized spacial score (nSPS) is 12.7. The molecule has 27 heavy (non-hydrogen) atoms. The Bertz CT molecular complexity index is 1120. The van der Waals surface area contributed by atoms with Crippen molar-refractivity contribution in [2.75, 3.05) is 16.4 Å². The Labute approximate surface area is 156 Å². The number of rotatable bonds is 2. The second kappa shape index (κ2) is 5.95. The van der Waals surface area contributed by atoms with Crippen LogP contribution in [0.1, 0.15) is 16.7 Å². The van der Waals surface area contributed by atoms with Crippen LogP contribution in [-0.4, -0.2) is 15.0 Å². The second-order valence-electron chi connectivity index (χ2n) is 6.66. The molecule has 1 aliphatic heterocycles. The van der Waals surface area contributed by atoms with Gasteiger partial charge in [0.25, 0.3) is 0 Å². The molecular weight excluding hydrogens is 336 g/mol. The molecule has 0 spiro atoms. The molecule has 5 rings (SSSR count). The molecule has 0 aliphatic carbocycles. The Morgan fingerprint density at radius 3 is 2.22 bits per heavy atom. The van der Waals surface area contributed by atoms with Crippen LogP contribution in [-0.2, 0) is 13.0 Å². The van der Waals surface area contributed by atoms with Crippen LogP contribution >= 0.6 is 0 Å². The zero-order valence-electron chi connectivity index (χ0n) is 14.6. The molecular formula is C21H18N6. The molecule has 0 unspecified atom stereocenters. The monoisotopic (exact) mass is 354 g/mol. The Balaban J connectivity index is 1.68. The molecule has 6 heteroatoms. The molecule has 3 heterocycles. The van der Waals surface area contributed by atoms with Gasteiger partial charge in [0.05, 0.1) is 5.39 Å². The average Bonchev–Trinajstić information content (AvgIpc) is 2.67. The van der Waals surface area contributed by atoms with Crippen molar-refractivity contribution in [3.8, 4) is 0 Å². The highest BCUT2D eigenvalue weighted by atomic mass is 15.1. The molecule has 4 N–H and O–H groups in total. The summed E-state index contributed by atoms with van der Waals surface area (Å²) in [7, 11) is 0. The lowest BCUT2D eigenvalue weighted by atomic mass is 9.95. The summed E-state index contributed by atoms with van der Waals surface area (Å²) in [6.07, 6.45) is 2.67. The zero-order valence-corrected chi connectivity index (χ0v) is 14.6. The fourth-order valence-corrected chi connectivity index (χ4v) is 3.82. The predicted octanol–water partition coefficient (Wildman–Crippen LogP) is 3.43. The van der Waals surface area contributed by atoms with E-state index in [0.29, 0.717) is 18.0 Å². The van der Waals surface area contributed by atoms with Gasteiger partial charge in [-0.1, -0.05) is 36.4 Å². The Morgan fingerprint density at radius 2 is 1.52 bits per heavy atom. The maximum absolute atomic E-state index is 6.16. The van der Waals surface area contributed by atoms with Crippen LogP contribution in [0.5, 0.6) is 0 Å². The average molecular weight is 354 g/mol. The van der Waals surface area contributed by atoms with E-state index in [1.807, 2.05) is 6.07 Å². The van der Waals surface area contributed by atoms with E-state index in [1.54, 1.807) is 6.20 Å². The summed E-state index contributed by atoms with van der Waals surface area (Å²) in [5.74, 6) is 0.498. The van der Waals surface area contributed by atoms with Gasteiger partial charge >= 0.3 is 0 Å². The van der Waals surface area contributed by atoms with Crippen molar-refractivity contribution in [3.05, 3.63) is 77.5 Å². The van der Waals surface area contributed by atoms with Crippen LogP contribution in [0.25, 0.3) is 11.0 Å². The number of para-hydroxylation sites is 2.